The third kappa shape index (κ3) is 5.52. The number of aromatic nitrogens is 3. The van der Waals surface area contributed by atoms with Gasteiger partial charge in [0.1, 0.15) is 17.6 Å². The number of ether oxygens (including phenoxy) is 2. The number of nitrogens with zero attached hydrogens (tertiary/aromatic N) is 3. The van der Waals surface area contributed by atoms with Crippen LogP contribution in [0.2, 0.25) is 0 Å². The van der Waals surface area contributed by atoms with Crippen molar-refractivity contribution in [1.29, 1.82) is 0 Å². The summed E-state index contributed by atoms with van der Waals surface area (Å²) in [7, 11) is 5.79. The summed E-state index contributed by atoms with van der Waals surface area (Å²) < 4.78 is 11.7. The van der Waals surface area contributed by atoms with Gasteiger partial charge in [0.2, 0.25) is 5.95 Å². The molecule has 35 heavy (non-hydrogen) atoms. The van der Waals surface area contributed by atoms with Gasteiger partial charge in [-0.3, -0.25) is 4.79 Å². The van der Waals surface area contributed by atoms with Crippen molar-refractivity contribution in [2.45, 2.75) is 25.0 Å². The highest BCUT2D eigenvalue weighted by Crippen LogP contribution is 2.36. The van der Waals surface area contributed by atoms with Crippen LogP contribution in [0.5, 0.6) is 11.5 Å². The molecule has 1 aliphatic rings. The Balaban J connectivity index is 0.00000241. The monoisotopic (exact) mass is 480 g/mol. The number of hydrogen-bond donors (Lipinski definition) is 3. The molecule has 1 aromatic carbocycles. The van der Waals surface area contributed by atoms with Gasteiger partial charge < -0.3 is 30.0 Å². The molecular formula is C26H36N6O3. The molecule has 2 aromatic heterocycles. The van der Waals surface area contributed by atoms with Gasteiger partial charge in [-0.25, -0.2) is 4.98 Å². The lowest BCUT2D eigenvalue weighted by Gasteiger charge is -2.39. The Morgan fingerprint density at radius 1 is 1.14 bits per heavy atom. The average molecular weight is 481 g/mol. The van der Waals surface area contributed by atoms with E-state index in [2.05, 4.69) is 57.7 Å². The van der Waals surface area contributed by atoms with Crippen LogP contribution < -0.4 is 25.7 Å². The summed E-state index contributed by atoms with van der Waals surface area (Å²) in [6.07, 6.45) is 7.01. The normalized spacial score (nSPS) is 16.8. The van der Waals surface area contributed by atoms with Gasteiger partial charge >= 0.3 is 0 Å². The minimum absolute atomic E-state index is 0. The number of rotatable bonds is 10. The number of anilines is 4. The number of methoxy groups -OCH3 is 1. The molecule has 3 N–H and O–H groups in total. The van der Waals surface area contributed by atoms with Gasteiger partial charge in [-0.2, -0.15) is 4.98 Å². The van der Waals surface area contributed by atoms with Crippen molar-refractivity contribution in [3.05, 3.63) is 71.3 Å². The Bertz CT molecular complexity index is 1300. The molecule has 4 rings (SSSR count). The molecule has 188 valence electrons. The number of aromatic amines is 1. The second-order valence-corrected chi connectivity index (χ2v) is 8.50. The lowest BCUT2D eigenvalue weighted by molar-refractivity contribution is 0.0383. The molecule has 0 atom stereocenters. The maximum Gasteiger partial charge on any atom is 0.272 e. The third-order valence-electron chi connectivity index (χ3n) is 5.96. The summed E-state index contributed by atoms with van der Waals surface area (Å²) >= 11 is 0. The van der Waals surface area contributed by atoms with Crippen LogP contribution in [0.1, 0.15) is 28.4 Å². The van der Waals surface area contributed by atoms with Crippen LogP contribution >= 0.6 is 0 Å². The van der Waals surface area contributed by atoms with Crippen molar-refractivity contribution in [1.82, 2.24) is 19.9 Å². The largest absolute Gasteiger partial charge is 0.493 e. The summed E-state index contributed by atoms with van der Waals surface area (Å²) in [6.45, 7) is 7.49. The fraction of sp³-hybridized carbons (Fsp3) is 0.269. The fourth-order valence-electron chi connectivity index (χ4n) is 3.82. The Hall–Kier alpha value is -4.11. The topological polar surface area (TPSA) is 104 Å². The van der Waals surface area contributed by atoms with E-state index in [-0.39, 0.29) is 15.9 Å². The Morgan fingerprint density at radius 2 is 1.94 bits per heavy atom. The van der Waals surface area contributed by atoms with Crippen molar-refractivity contribution < 1.29 is 13.8 Å². The molecule has 0 unspecified atom stereocenters. The summed E-state index contributed by atoms with van der Waals surface area (Å²) in [6, 6.07) is 9.54. The molecular weight excluding hydrogens is 444 g/mol. The molecule has 1 saturated carbocycles. The predicted molar refractivity (Wildman–Crippen MR) is 146 cm³/mol. The van der Waals surface area contributed by atoms with Gasteiger partial charge in [0.25, 0.3) is 5.56 Å². The standard InChI is InChI=1S/C26H30N6O3.3H2/c1-6-16-12-21(25(33)30-20(16)7-2)29-24-10-11-27-26(31-24)28-17-8-9-22(23(13-17)34-5)35-19-14-18(15-19)32(3)4;;;/h6-13,18-19H,1-2,14-15H2,3-5H3,(H,30,33)(H2,27,28,29,31);3*1H. The molecule has 0 saturated heterocycles. The molecule has 0 amide bonds. The zero-order valence-corrected chi connectivity index (χ0v) is 20.2. The SMILES string of the molecule is C=Cc1cc(Nc2ccnc(Nc3ccc(OC4CC(N(C)C)C4)c(OC)c3)n2)c(=O)[nH]c1C=C.[HH].[HH].[HH]. The van der Waals surface area contributed by atoms with Gasteiger partial charge in [-0.15, -0.1) is 0 Å². The third-order valence-corrected chi connectivity index (χ3v) is 5.96. The van der Waals surface area contributed by atoms with E-state index in [9.17, 15) is 4.79 Å². The van der Waals surface area contributed by atoms with Crippen molar-refractivity contribution in [2.75, 3.05) is 31.8 Å². The maximum absolute atomic E-state index is 12.4. The van der Waals surface area contributed by atoms with Gasteiger partial charge in [-0.1, -0.05) is 19.2 Å². The quantitative estimate of drug-likeness (QED) is 0.366. The van der Waals surface area contributed by atoms with Crippen LogP contribution in [0, 0.1) is 0 Å². The minimum Gasteiger partial charge on any atom is -0.493 e. The first-order valence-electron chi connectivity index (χ1n) is 11.3. The van der Waals surface area contributed by atoms with E-state index in [4.69, 9.17) is 9.47 Å². The molecule has 2 heterocycles. The fourth-order valence-corrected chi connectivity index (χ4v) is 3.82. The molecule has 0 aliphatic heterocycles. The van der Waals surface area contributed by atoms with E-state index < -0.39 is 0 Å². The first-order valence-corrected chi connectivity index (χ1v) is 11.3. The second kappa shape index (κ2) is 10.4. The summed E-state index contributed by atoms with van der Waals surface area (Å²) in [5.41, 5.74) is 2.15. The van der Waals surface area contributed by atoms with Crippen molar-refractivity contribution in [2.24, 2.45) is 0 Å². The molecule has 1 aliphatic carbocycles. The van der Waals surface area contributed by atoms with Gasteiger partial charge in [0, 0.05) is 34.0 Å². The molecule has 9 nitrogen and oxygen atoms in total. The lowest BCUT2D eigenvalue weighted by Crippen LogP contribution is -2.46. The average Bonchev–Trinajstić information content (AvgIpc) is 2.82. The molecule has 9 heteroatoms. The predicted octanol–water partition coefficient (Wildman–Crippen LogP) is 5.16. The van der Waals surface area contributed by atoms with Crippen molar-refractivity contribution in [3.63, 3.8) is 0 Å². The molecule has 0 radical (unpaired) electrons. The molecule has 3 aromatic rings. The van der Waals surface area contributed by atoms with Crippen molar-refractivity contribution in [3.8, 4) is 11.5 Å². The van der Waals surface area contributed by atoms with Crippen LogP contribution in [0.15, 0.2) is 54.5 Å². The van der Waals surface area contributed by atoms with Crippen LogP contribution in [0.4, 0.5) is 23.1 Å². The van der Waals surface area contributed by atoms with E-state index in [0.29, 0.717) is 40.7 Å². The van der Waals surface area contributed by atoms with E-state index >= 15 is 0 Å². The summed E-state index contributed by atoms with van der Waals surface area (Å²) in [5.74, 6) is 2.16. The zero-order chi connectivity index (χ0) is 24.9. The molecule has 0 bridgehead atoms. The first-order chi connectivity index (χ1) is 16.9. The highest BCUT2D eigenvalue weighted by Gasteiger charge is 2.32. The number of hydrogen-bond acceptors (Lipinski definition) is 8. The summed E-state index contributed by atoms with van der Waals surface area (Å²) in [4.78, 5) is 26.2. The number of pyridine rings is 1. The Labute approximate surface area is 209 Å². The van der Waals surface area contributed by atoms with Crippen molar-refractivity contribution >= 4 is 35.3 Å². The molecule has 1 fully saturated rings. The highest BCUT2D eigenvalue weighted by atomic mass is 16.5. The van der Waals surface area contributed by atoms with Gasteiger partial charge in [0.05, 0.1) is 7.11 Å². The maximum atomic E-state index is 12.4. The minimum atomic E-state index is -0.290. The van der Waals surface area contributed by atoms with Gasteiger partial charge in [-0.05, 0) is 62.8 Å². The number of H-pyrrole nitrogens is 1. The number of benzene rings is 1. The first kappa shape index (κ1) is 24.0. The van der Waals surface area contributed by atoms with Crippen LogP contribution in [0.25, 0.3) is 12.2 Å². The smallest absolute Gasteiger partial charge is 0.272 e. The van der Waals surface area contributed by atoms with Crippen LogP contribution in [-0.2, 0) is 0 Å². The zero-order valence-electron chi connectivity index (χ0n) is 20.2. The van der Waals surface area contributed by atoms with Crippen LogP contribution in [-0.4, -0.2) is 53.2 Å². The van der Waals surface area contributed by atoms with Gasteiger partial charge in [0.15, 0.2) is 11.5 Å². The highest BCUT2D eigenvalue weighted by molar-refractivity contribution is 5.67. The van der Waals surface area contributed by atoms with E-state index in [0.717, 1.165) is 24.1 Å². The Kier molecular flexibility index (Phi) is 7.17. The van der Waals surface area contributed by atoms with Crippen LogP contribution in [0.3, 0.4) is 0 Å². The second-order valence-electron chi connectivity index (χ2n) is 8.50. The summed E-state index contributed by atoms with van der Waals surface area (Å²) in [5, 5.41) is 6.21. The number of nitrogens with one attached hydrogen (secondary N) is 3. The molecule has 0 spiro atoms. The lowest BCUT2D eigenvalue weighted by atomic mass is 9.88. The van der Waals surface area contributed by atoms with E-state index in [1.807, 2.05) is 18.2 Å². The van der Waals surface area contributed by atoms with E-state index in [1.54, 1.807) is 37.6 Å². The van der Waals surface area contributed by atoms with E-state index in [1.165, 1.54) is 0 Å². The Morgan fingerprint density at radius 3 is 2.63 bits per heavy atom.